The largest absolute Gasteiger partial charge is 0.371 e. The van der Waals surface area contributed by atoms with Crippen LogP contribution in [0.5, 0.6) is 0 Å². The number of benzene rings is 1. The van der Waals surface area contributed by atoms with Crippen LogP contribution in [0.25, 0.3) is 6.08 Å². The van der Waals surface area contributed by atoms with Crippen LogP contribution in [0.3, 0.4) is 0 Å². The van der Waals surface area contributed by atoms with Crippen molar-refractivity contribution in [2.75, 3.05) is 19.7 Å². The molecule has 25 heavy (non-hydrogen) atoms. The minimum absolute atomic E-state index is 0.281. The number of hydrogen-bond donors (Lipinski definition) is 0. The molecule has 0 saturated carbocycles. The summed E-state index contributed by atoms with van der Waals surface area (Å²) in [6, 6.07) is 7.73. The van der Waals surface area contributed by atoms with Gasteiger partial charge >= 0.3 is 0 Å². The Morgan fingerprint density at radius 1 is 1.32 bits per heavy atom. The van der Waals surface area contributed by atoms with Crippen LogP contribution in [0.15, 0.2) is 42.1 Å². The third-order valence-electron chi connectivity index (χ3n) is 4.25. The van der Waals surface area contributed by atoms with Crippen LogP contribution in [0.2, 0.25) is 0 Å². The first kappa shape index (κ1) is 17.8. The van der Waals surface area contributed by atoms with E-state index in [0.29, 0.717) is 19.7 Å². The highest BCUT2D eigenvalue weighted by Crippen LogP contribution is 2.24. The van der Waals surface area contributed by atoms with Crippen molar-refractivity contribution in [3.05, 3.63) is 58.8 Å². The highest BCUT2D eigenvalue weighted by Gasteiger charge is 2.29. The molecular weight excluding hydrogens is 338 g/mol. The van der Waals surface area contributed by atoms with E-state index in [9.17, 15) is 8.42 Å². The first-order chi connectivity index (χ1) is 12.0. The SMILES string of the molecule is CCn1cc(C2CN(S(=O)(=O)/C=C/c3ccc(C)cc3)CCO2)cn1. The van der Waals surface area contributed by atoms with Gasteiger partial charge in [0.25, 0.3) is 0 Å². The van der Waals surface area contributed by atoms with Crippen molar-refractivity contribution in [2.24, 2.45) is 0 Å². The number of rotatable bonds is 5. The molecule has 1 aliphatic rings. The molecule has 1 saturated heterocycles. The molecule has 0 bridgehead atoms. The molecule has 0 radical (unpaired) electrons. The number of sulfonamides is 1. The zero-order chi connectivity index (χ0) is 17.9. The van der Waals surface area contributed by atoms with Gasteiger partial charge in [0, 0.05) is 36.8 Å². The molecule has 2 heterocycles. The molecule has 0 spiro atoms. The fourth-order valence-electron chi connectivity index (χ4n) is 2.71. The number of ether oxygens (including phenoxy) is 1. The lowest BCUT2D eigenvalue weighted by atomic mass is 10.2. The molecule has 0 amide bonds. The van der Waals surface area contributed by atoms with E-state index < -0.39 is 10.0 Å². The Morgan fingerprint density at radius 2 is 2.08 bits per heavy atom. The molecule has 3 rings (SSSR count). The summed E-state index contributed by atoms with van der Waals surface area (Å²) in [6.07, 6.45) is 5.00. The van der Waals surface area contributed by atoms with Gasteiger partial charge in [-0.3, -0.25) is 4.68 Å². The highest BCUT2D eigenvalue weighted by atomic mass is 32.2. The fraction of sp³-hybridized carbons (Fsp3) is 0.389. The summed E-state index contributed by atoms with van der Waals surface area (Å²) in [5.41, 5.74) is 2.91. The summed E-state index contributed by atoms with van der Waals surface area (Å²) in [5.74, 6) is 0. The Hall–Kier alpha value is -1.96. The Balaban J connectivity index is 1.71. The first-order valence-corrected chi connectivity index (χ1v) is 9.87. The number of hydrogen-bond acceptors (Lipinski definition) is 4. The zero-order valence-electron chi connectivity index (χ0n) is 14.5. The number of aromatic nitrogens is 2. The molecular formula is C18H23N3O3S. The summed E-state index contributed by atoms with van der Waals surface area (Å²) >= 11 is 0. The van der Waals surface area contributed by atoms with Gasteiger partial charge < -0.3 is 4.74 Å². The van der Waals surface area contributed by atoms with Crippen LogP contribution < -0.4 is 0 Å². The molecule has 2 aromatic rings. The van der Waals surface area contributed by atoms with E-state index in [-0.39, 0.29) is 6.10 Å². The van der Waals surface area contributed by atoms with Gasteiger partial charge in [-0.15, -0.1) is 0 Å². The van der Waals surface area contributed by atoms with Gasteiger partial charge in [0.15, 0.2) is 0 Å². The maximum absolute atomic E-state index is 12.6. The van der Waals surface area contributed by atoms with Crippen molar-refractivity contribution in [1.29, 1.82) is 0 Å². The lowest BCUT2D eigenvalue weighted by Gasteiger charge is -2.30. The van der Waals surface area contributed by atoms with E-state index in [1.165, 1.54) is 9.71 Å². The average Bonchev–Trinajstić information content (AvgIpc) is 3.11. The summed E-state index contributed by atoms with van der Waals surface area (Å²) in [5, 5.41) is 5.51. The zero-order valence-corrected chi connectivity index (χ0v) is 15.3. The van der Waals surface area contributed by atoms with E-state index >= 15 is 0 Å². The Labute approximate surface area is 148 Å². The van der Waals surface area contributed by atoms with Crippen molar-refractivity contribution in [3.8, 4) is 0 Å². The number of morpholine rings is 1. The summed E-state index contributed by atoms with van der Waals surface area (Å²) in [4.78, 5) is 0. The van der Waals surface area contributed by atoms with Gasteiger partial charge in [-0.2, -0.15) is 9.40 Å². The lowest BCUT2D eigenvalue weighted by molar-refractivity contribution is -0.00221. The third kappa shape index (κ3) is 4.36. The van der Waals surface area contributed by atoms with Crippen LogP contribution in [-0.4, -0.2) is 42.2 Å². The van der Waals surface area contributed by atoms with Gasteiger partial charge in [0.1, 0.15) is 0 Å². The summed E-state index contributed by atoms with van der Waals surface area (Å²) < 4.78 is 34.3. The van der Waals surface area contributed by atoms with Crippen molar-refractivity contribution >= 4 is 16.1 Å². The minimum Gasteiger partial charge on any atom is -0.371 e. The second-order valence-corrected chi connectivity index (χ2v) is 7.92. The maximum atomic E-state index is 12.6. The van der Waals surface area contributed by atoms with Gasteiger partial charge in [-0.05, 0) is 25.5 Å². The first-order valence-electron chi connectivity index (χ1n) is 8.37. The third-order valence-corrected chi connectivity index (χ3v) is 5.78. The second kappa shape index (κ2) is 7.51. The van der Waals surface area contributed by atoms with E-state index in [4.69, 9.17) is 4.74 Å². The smallest absolute Gasteiger partial charge is 0.236 e. The predicted octanol–water partition coefficient (Wildman–Crippen LogP) is 2.59. The highest BCUT2D eigenvalue weighted by molar-refractivity contribution is 7.92. The summed E-state index contributed by atoms with van der Waals surface area (Å²) in [6.45, 7) is 5.81. The van der Waals surface area contributed by atoms with Crippen molar-refractivity contribution in [3.63, 3.8) is 0 Å². The van der Waals surface area contributed by atoms with Crippen LogP contribution in [0.1, 0.15) is 29.7 Å². The van der Waals surface area contributed by atoms with E-state index in [1.54, 1.807) is 12.3 Å². The minimum atomic E-state index is -3.49. The monoisotopic (exact) mass is 361 g/mol. The normalized spacial score (nSPS) is 19.5. The van der Waals surface area contributed by atoms with E-state index in [2.05, 4.69) is 5.10 Å². The van der Waals surface area contributed by atoms with Crippen LogP contribution in [0.4, 0.5) is 0 Å². The van der Waals surface area contributed by atoms with Gasteiger partial charge in [-0.25, -0.2) is 8.42 Å². The molecule has 1 aromatic heterocycles. The molecule has 1 aliphatic heterocycles. The Kier molecular flexibility index (Phi) is 5.36. The average molecular weight is 361 g/mol. The molecule has 1 atom stereocenters. The van der Waals surface area contributed by atoms with Crippen molar-refractivity contribution < 1.29 is 13.2 Å². The van der Waals surface area contributed by atoms with Crippen molar-refractivity contribution in [2.45, 2.75) is 26.5 Å². The molecule has 1 aromatic carbocycles. The topological polar surface area (TPSA) is 64.4 Å². The van der Waals surface area contributed by atoms with E-state index in [1.807, 2.05) is 49.0 Å². The van der Waals surface area contributed by atoms with Crippen LogP contribution in [-0.2, 0) is 21.3 Å². The molecule has 1 unspecified atom stereocenters. The quantitative estimate of drug-likeness (QED) is 0.821. The molecule has 0 N–H and O–H groups in total. The Morgan fingerprint density at radius 3 is 2.76 bits per heavy atom. The second-order valence-electron chi connectivity index (χ2n) is 6.11. The molecule has 7 heteroatoms. The summed E-state index contributed by atoms with van der Waals surface area (Å²) in [7, 11) is -3.49. The van der Waals surface area contributed by atoms with E-state index in [0.717, 1.165) is 23.2 Å². The molecule has 0 aliphatic carbocycles. The van der Waals surface area contributed by atoms with Gasteiger partial charge in [0.2, 0.25) is 10.0 Å². The standard InChI is InChI=1S/C18H23N3O3S/c1-3-20-13-17(12-19-20)18-14-21(9-10-24-18)25(22,23)11-8-16-6-4-15(2)5-7-16/h4-8,11-13,18H,3,9-10,14H2,1-2H3/b11-8+. The molecule has 134 valence electrons. The van der Waals surface area contributed by atoms with Gasteiger partial charge in [-0.1, -0.05) is 29.8 Å². The maximum Gasteiger partial charge on any atom is 0.236 e. The van der Waals surface area contributed by atoms with Crippen molar-refractivity contribution in [1.82, 2.24) is 14.1 Å². The van der Waals surface area contributed by atoms with Crippen LogP contribution in [0, 0.1) is 6.92 Å². The number of aryl methyl sites for hydroxylation is 2. The van der Waals surface area contributed by atoms with Crippen LogP contribution >= 0.6 is 0 Å². The predicted molar refractivity (Wildman–Crippen MR) is 97.3 cm³/mol. The molecule has 1 fully saturated rings. The Bertz CT molecular complexity index is 841. The number of nitrogens with zero attached hydrogens (tertiary/aromatic N) is 3. The van der Waals surface area contributed by atoms with Gasteiger partial charge in [0.05, 0.1) is 18.9 Å². The fourth-order valence-corrected chi connectivity index (χ4v) is 3.88. The lowest BCUT2D eigenvalue weighted by Crippen LogP contribution is -2.41. The molecule has 6 nitrogen and oxygen atoms in total.